The van der Waals surface area contributed by atoms with Gasteiger partial charge in [0.15, 0.2) is 6.10 Å². The van der Waals surface area contributed by atoms with Crippen molar-refractivity contribution in [3.8, 4) is 5.75 Å². The van der Waals surface area contributed by atoms with Gasteiger partial charge in [0.2, 0.25) is 0 Å². The van der Waals surface area contributed by atoms with Crippen molar-refractivity contribution < 1.29 is 14.4 Å². The first-order chi connectivity index (χ1) is 14.9. The van der Waals surface area contributed by atoms with Crippen LogP contribution in [-0.2, 0) is 11.4 Å². The van der Waals surface area contributed by atoms with Gasteiger partial charge in [0.25, 0.3) is 0 Å². The van der Waals surface area contributed by atoms with Crippen LogP contribution in [0.4, 0.5) is 10.5 Å². The SMILES string of the molecule is COc1cccc(CN(C[C@H]2CC(c3ccc(N(C)C)cc3)=NO2)C(=O)NC(C)C)c1. The van der Waals surface area contributed by atoms with Gasteiger partial charge < -0.3 is 24.7 Å². The summed E-state index contributed by atoms with van der Waals surface area (Å²) in [5, 5.41) is 7.28. The number of urea groups is 1. The van der Waals surface area contributed by atoms with Crippen molar-refractivity contribution >= 4 is 17.4 Å². The van der Waals surface area contributed by atoms with Crippen LogP contribution in [0.3, 0.4) is 0 Å². The Hall–Kier alpha value is -3.22. The van der Waals surface area contributed by atoms with E-state index in [-0.39, 0.29) is 18.2 Å². The molecular formula is C24H32N4O3. The lowest BCUT2D eigenvalue weighted by atomic mass is 10.0. The summed E-state index contributed by atoms with van der Waals surface area (Å²) < 4.78 is 5.32. The third-order valence-electron chi connectivity index (χ3n) is 5.08. The molecule has 0 spiro atoms. The summed E-state index contributed by atoms with van der Waals surface area (Å²) >= 11 is 0. The van der Waals surface area contributed by atoms with E-state index >= 15 is 0 Å². The van der Waals surface area contributed by atoms with Crippen molar-refractivity contribution in [1.29, 1.82) is 0 Å². The average Bonchev–Trinajstić information content (AvgIpc) is 3.21. The van der Waals surface area contributed by atoms with E-state index in [9.17, 15) is 4.79 Å². The monoisotopic (exact) mass is 424 g/mol. The predicted octanol–water partition coefficient (Wildman–Crippen LogP) is 3.87. The zero-order valence-corrected chi connectivity index (χ0v) is 19.0. The molecule has 3 rings (SSSR count). The number of carbonyl (C=O) groups is 1. The van der Waals surface area contributed by atoms with Crippen molar-refractivity contribution in [2.45, 2.75) is 39.0 Å². The average molecular weight is 425 g/mol. The Morgan fingerprint density at radius 3 is 2.61 bits per heavy atom. The second-order valence-electron chi connectivity index (χ2n) is 8.25. The fraction of sp³-hybridized carbons (Fsp3) is 0.417. The van der Waals surface area contributed by atoms with Crippen molar-refractivity contribution in [2.75, 3.05) is 32.6 Å². The van der Waals surface area contributed by atoms with Gasteiger partial charge in [0, 0.05) is 38.8 Å². The Morgan fingerprint density at radius 1 is 1.23 bits per heavy atom. The fourth-order valence-corrected chi connectivity index (χ4v) is 3.44. The van der Waals surface area contributed by atoms with Crippen LogP contribution in [0.1, 0.15) is 31.4 Å². The Labute approximate surface area is 184 Å². The third kappa shape index (κ3) is 6.13. The first-order valence-electron chi connectivity index (χ1n) is 10.5. The van der Waals surface area contributed by atoms with Crippen LogP contribution in [0.5, 0.6) is 5.75 Å². The molecule has 1 aliphatic rings. The maximum atomic E-state index is 12.8. The van der Waals surface area contributed by atoms with Gasteiger partial charge in [-0.15, -0.1) is 0 Å². The zero-order valence-electron chi connectivity index (χ0n) is 19.0. The molecule has 0 radical (unpaired) electrons. The number of carbonyl (C=O) groups excluding carboxylic acids is 1. The van der Waals surface area contributed by atoms with Crippen molar-refractivity contribution in [3.63, 3.8) is 0 Å². The summed E-state index contributed by atoms with van der Waals surface area (Å²) in [4.78, 5) is 22.4. The Bertz CT molecular complexity index is 909. The number of hydrogen-bond acceptors (Lipinski definition) is 5. The smallest absolute Gasteiger partial charge is 0.318 e. The number of rotatable bonds is 8. The highest BCUT2D eigenvalue weighted by atomic mass is 16.6. The lowest BCUT2D eigenvalue weighted by Gasteiger charge is -2.26. The van der Waals surface area contributed by atoms with Gasteiger partial charge in [-0.05, 0) is 49.2 Å². The Balaban J connectivity index is 1.67. The summed E-state index contributed by atoms with van der Waals surface area (Å²) in [5.74, 6) is 0.769. The second-order valence-corrected chi connectivity index (χ2v) is 8.25. The molecule has 7 heteroatoms. The minimum Gasteiger partial charge on any atom is -0.497 e. The van der Waals surface area contributed by atoms with Gasteiger partial charge in [-0.1, -0.05) is 29.4 Å². The number of hydrogen-bond donors (Lipinski definition) is 1. The van der Waals surface area contributed by atoms with E-state index in [2.05, 4.69) is 39.6 Å². The minimum absolute atomic E-state index is 0.0480. The molecule has 0 unspecified atom stereocenters. The van der Waals surface area contributed by atoms with Gasteiger partial charge >= 0.3 is 6.03 Å². The van der Waals surface area contributed by atoms with Crippen LogP contribution in [0.15, 0.2) is 53.7 Å². The quantitative estimate of drug-likeness (QED) is 0.699. The molecule has 1 N–H and O–H groups in total. The summed E-state index contributed by atoms with van der Waals surface area (Å²) in [6, 6.07) is 15.9. The number of oxime groups is 1. The lowest BCUT2D eigenvalue weighted by Crippen LogP contribution is -2.45. The first-order valence-corrected chi connectivity index (χ1v) is 10.5. The molecule has 1 atom stereocenters. The Morgan fingerprint density at radius 2 is 1.97 bits per heavy atom. The minimum atomic E-state index is -0.188. The fourth-order valence-electron chi connectivity index (χ4n) is 3.44. The number of ether oxygens (including phenoxy) is 1. The van der Waals surface area contributed by atoms with E-state index in [0.29, 0.717) is 19.5 Å². The molecule has 1 aliphatic heterocycles. The predicted molar refractivity (Wildman–Crippen MR) is 124 cm³/mol. The molecule has 2 amide bonds. The van der Waals surface area contributed by atoms with Crippen LogP contribution in [0.25, 0.3) is 0 Å². The molecule has 0 aromatic heterocycles. The van der Waals surface area contributed by atoms with Gasteiger partial charge in [-0.2, -0.15) is 0 Å². The standard InChI is InChI=1S/C24H32N4O3/c1-17(2)25-24(29)28(15-18-7-6-8-21(13-18)30-5)16-22-14-23(26-31-22)19-9-11-20(12-10-19)27(3)4/h6-13,17,22H,14-16H2,1-5H3,(H,25,29)/t22-/m1/s1. The zero-order chi connectivity index (χ0) is 22.4. The second kappa shape index (κ2) is 10.2. The van der Waals surface area contributed by atoms with Gasteiger partial charge in [-0.3, -0.25) is 0 Å². The van der Waals surface area contributed by atoms with E-state index in [0.717, 1.165) is 28.3 Å². The highest BCUT2D eigenvalue weighted by molar-refractivity contribution is 6.01. The van der Waals surface area contributed by atoms with Crippen molar-refractivity contribution in [3.05, 3.63) is 59.7 Å². The third-order valence-corrected chi connectivity index (χ3v) is 5.08. The highest BCUT2D eigenvalue weighted by Crippen LogP contribution is 2.21. The largest absolute Gasteiger partial charge is 0.497 e. The van der Waals surface area contributed by atoms with E-state index in [1.165, 1.54) is 0 Å². The van der Waals surface area contributed by atoms with E-state index in [4.69, 9.17) is 9.57 Å². The Kier molecular flexibility index (Phi) is 7.39. The summed E-state index contributed by atoms with van der Waals surface area (Å²) in [6.07, 6.45) is 0.470. The number of anilines is 1. The molecule has 0 saturated carbocycles. The lowest BCUT2D eigenvalue weighted by molar-refractivity contribution is 0.0586. The molecule has 0 saturated heterocycles. The number of amides is 2. The van der Waals surface area contributed by atoms with E-state index in [1.54, 1.807) is 12.0 Å². The molecular weight excluding hydrogens is 392 g/mol. The highest BCUT2D eigenvalue weighted by Gasteiger charge is 2.27. The van der Waals surface area contributed by atoms with Gasteiger partial charge in [0.05, 0.1) is 19.4 Å². The van der Waals surface area contributed by atoms with Crippen LogP contribution >= 0.6 is 0 Å². The van der Waals surface area contributed by atoms with Crippen molar-refractivity contribution in [1.82, 2.24) is 10.2 Å². The first kappa shape index (κ1) is 22.5. The molecule has 2 aromatic rings. The number of nitrogens with zero attached hydrogens (tertiary/aromatic N) is 3. The molecule has 31 heavy (non-hydrogen) atoms. The molecule has 1 heterocycles. The van der Waals surface area contributed by atoms with Crippen LogP contribution < -0.4 is 15.0 Å². The molecule has 166 valence electrons. The van der Waals surface area contributed by atoms with E-state index < -0.39 is 0 Å². The molecule has 2 aromatic carbocycles. The number of benzene rings is 2. The summed E-state index contributed by atoms with van der Waals surface area (Å²) in [5.41, 5.74) is 4.08. The summed E-state index contributed by atoms with van der Waals surface area (Å²) in [7, 11) is 5.67. The van der Waals surface area contributed by atoms with E-state index in [1.807, 2.05) is 52.2 Å². The number of nitrogens with one attached hydrogen (secondary N) is 1. The van der Waals surface area contributed by atoms with Crippen molar-refractivity contribution in [2.24, 2.45) is 5.16 Å². The summed E-state index contributed by atoms with van der Waals surface area (Å²) in [6.45, 7) is 4.81. The van der Waals surface area contributed by atoms with Crippen LogP contribution in [-0.4, -0.2) is 56.5 Å². The molecule has 7 nitrogen and oxygen atoms in total. The van der Waals surface area contributed by atoms with Crippen LogP contribution in [0.2, 0.25) is 0 Å². The normalized spacial score (nSPS) is 15.3. The molecule has 0 bridgehead atoms. The number of methoxy groups -OCH3 is 1. The maximum Gasteiger partial charge on any atom is 0.318 e. The maximum absolute atomic E-state index is 12.8. The van der Waals surface area contributed by atoms with Crippen LogP contribution in [0, 0.1) is 0 Å². The molecule has 0 aliphatic carbocycles. The van der Waals surface area contributed by atoms with Gasteiger partial charge in [-0.25, -0.2) is 4.79 Å². The molecule has 0 fully saturated rings. The van der Waals surface area contributed by atoms with Gasteiger partial charge in [0.1, 0.15) is 5.75 Å². The topological polar surface area (TPSA) is 66.4 Å².